The summed E-state index contributed by atoms with van der Waals surface area (Å²) in [5.41, 5.74) is 3.67. The van der Waals surface area contributed by atoms with E-state index in [4.69, 9.17) is 5.26 Å². The molecule has 190 valence electrons. The van der Waals surface area contributed by atoms with Gasteiger partial charge in [-0.1, -0.05) is 13.8 Å². The van der Waals surface area contributed by atoms with Crippen molar-refractivity contribution in [1.29, 1.82) is 5.26 Å². The van der Waals surface area contributed by atoms with E-state index < -0.39 is 0 Å². The molecule has 0 aromatic carbocycles. The van der Waals surface area contributed by atoms with Gasteiger partial charge in [0.05, 0.1) is 23.5 Å². The van der Waals surface area contributed by atoms with Crippen LogP contribution in [0.5, 0.6) is 0 Å². The van der Waals surface area contributed by atoms with Crippen molar-refractivity contribution in [2.45, 2.75) is 77.0 Å². The van der Waals surface area contributed by atoms with Crippen molar-refractivity contribution in [2.75, 3.05) is 18.0 Å². The van der Waals surface area contributed by atoms with E-state index >= 15 is 4.39 Å². The lowest BCUT2D eigenvalue weighted by molar-refractivity contribution is 0.0991. The number of pyridine rings is 2. The predicted molar refractivity (Wildman–Crippen MR) is 137 cm³/mol. The predicted octanol–water partition coefficient (Wildman–Crippen LogP) is 4.11. The smallest absolute Gasteiger partial charge is 0.252 e. The van der Waals surface area contributed by atoms with E-state index in [0.717, 1.165) is 54.6 Å². The molecule has 5 rings (SSSR count). The van der Waals surface area contributed by atoms with Crippen LogP contribution in [0, 0.1) is 17.1 Å². The van der Waals surface area contributed by atoms with Gasteiger partial charge >= 0.3 is 0 Å². The molecule has 0 N–H and O–H groups in total. The lowest BCUT2D eigenvalue weighted by atomic mass is 9.96. The van der Waals surface area contributed by atoms with E-state index in [-0.39, 0.29) is 36.0 Å². The van der Waals surface area contributed by atoms with Gasteiger partial charge in [-0.05, 0) is 38.7 Å². The molecule has 2 aliphatic rings. The Hall–Kier alpha value is -3.25. The molecule has 2 fully saturated rings. The number of hydrogen-bond acceptors (Lipinski definition) is 6. The summed E-state index contributed by atoms with van der Waals surface area (Å²) in [7, 11) is 1.73. The number of rotatable bonds is 7. The Morgan fingerprint density at radius 3 is 2.58 bits per heavy atom. The number of aromatic nitrogens is 4. The molecule has 3 atom stereocenters. The highest BCUT2D eigenvalue weighted by atomic mass is 19.1. The third kappa shape index (κ3) is 4.28. The number of halogens is 1. The van der Waals surface area contributed by atoms with Crippen molar-refractivity contribution in [3.8, 4) is 6.07 Å². The topological polar surface area (TPSA) is 83.0 Å². The third-order valence-corrected chi connectivity index (χ3v) is 8.01. The van der Waals surface area contributed by atoms with Crippen molar-refractivity contribution in [1.82, 2.24) is 24.2 Å². The average Bonchev–Trinajstić information content (AvgIpc) is 3.65. The molecule has 0 bridgehead atoms. The zero-order valence-electron chi connectivity index (χ0n) is 21.5. The average molecular weight is 492 g/mol. The molecule has 8 nitrogen and oxygen atoms in total. The van der Waals surface area contributed by atoms with Crippen LogP contribution in [0.25, 0.3) is 11.0 Å². The Labute approximate surface area is 210 Å². The van der Waals surface area contributed by atoms with Gasteiger partial charge in [-0.2, -0.15) is 10.4 Å². The first-order valence-corrected chi connectivity index (χ1v) is 13.0. The molecular formula is C27H34FN7O. The second-order valence-corrected chi connectivity index (χ2v) is 10.2. The molecular weight excluding hydrogens is 457 g/mol. The molecule has 36 heavy (non-hydrogen) atoms. The van der Waals surface area contributed by atoms with Crippen LogP contribution in [0.15, 0.2) is 29.3 Å². The van der Waals surface area contributed by atoms with Gasteiger partial charge in [0.1, 0.15) is 17.9 Å². The first-order valence-electron chi connectivity index (χ1n) is 13.0. The van der Waals surface area contributed by atoms with E-state index in [1.165, 1.54) is 0 Å². The quantitative estimate of drug-likeness (QED) is 0.495. The molecule has 1 aliphatic carbocycles. The summed E-state index contributed by atoms with van der Waals surface area (Å²) in [6.45, 7) is 7.95. The fraction of sp³-hybridized carbons (Fsp3) is 0.556. The van der Waals surface area contributed by atoms with Gasteiger partial charge in [-0.25, -0.2) is 4.39 Å². The summed E-state index contributed by atoms with van der Waals surface area (Å²) in [5.74, 6) is 0.258. The Kier molecular flexibility index (Phi) is 6.56. The minimum atomic E-state index is -0.166. The maximum atomic E-state index is 15.2. The van der Waals surface area contributed by atoms with Crippen molar-refractivity contribution in [3.05, 3.63) is 52.0 Å². The van der Waals surface area contributed by atoms with Crippen LogP contribution in [-0.4, -0.2) is 49.4 Å². The van der Waals surface area contributed by atoms with Gasteiger partial charge in [0.25, 0.3) is 5.56 Å². The highest BCUT2D eigenvalue weighted by molar-refractivity contribution is 5.88. The van der Waals surface area contributed by atoms with Gasteiger partial charge in [0, 0.05) is 67.7 Å². The second-order valence-electron chi connectivity index (χ2n) is 10.2. The van der Waals surface area contributed by atoms with Crippen molar-refractivity contribution in [2.24, 2.45) is 7.05 Å². The van der Waals surface area contributed by atoms with Gasteiger partial charge < -0.3 is 9.47 Å². The first kappa shape index (κ1) is 24.4. The molecule has 0 amide bonds. The van der Waals surface area contributed by atoms with Gasteiger partial charge in [0.15, 0.2) is 0 Å². The zero-order chi connectivity index (χ0) is 25.6. The number of nitriles is 1. The van der Waals surface area contributed by atoms with E-state index in [9.17, 15) is 4.79 Å². The zero-order valence-corrected chi connectivity index (χ0v) is 21.5. The highest BCUT2D eigenvalue weighted by Gasteiger charge is 2.37. The number of anilines is 1. The normalized spacial score (nSPS) is 21.6. The van der Waals surface area contributed by atoms with Gasteiger partial charge in [-0.15, -0.1) is 0 Å². The Morgan fingerprint density at radius 1 is 1.19 bits per heavy atom. The minimum absolute atomic E-state index is 0.100. The number of nitrogens with zero attached hydrogens (tertiary/aromatic N) is 7. The van der Waals surface area contributed by atoms with Crippen LogP contribution in [0.2, 0.25) is 0 Å². The van der Waals surface area contributed by atoms with Crippen LogP contribution < -0.4 is 10.5 Å². The molecule has 3 aromatic rings. The highest BCUT2D eigenvalue weighted by Crippen LogP contribution is 2.40. The van der Waals surface area contributed by atoms with Crippen LogP contribution in [0.3, 0.4) is 0 Å². The molecule has 9 heteroatoms. The lowest BCUT2D eigenvalue weighted by Gasteiger charge is -2.49. The summed E-state index contributed by atoms with van der Waals surface area (Å²) in [5, 5.41) is 13.8. The summed E-state index contributed by atoms with van der Waals surface area (Å²) in [6, 6.07) is 5.62. The first-order chi connectivity index (χ1) is 17.4. The molecule has 4 heterocycles. The Balaban J connectivity index is 1.48. The largest absolute Gasteiger partial charge is 0.364 e. The molecule has 1 aliphatic heterocycles. The van der Waals surface area contributed by atoms with Gasteiger partial charge in [-0.3, -0.25) is 19.4 Å². The van der Waals surface area contributed by atoms with E-state index in [1.54, 1.807) is 40.8 Å². The maximum absolute atomic E-state index is 15.2. The maximum Gasteiger partial charge on any atom is 0.252 e. The van der Waals surface area contributed by atoms with Crippen LogP contribution in [0.1, 0.15) is 69.7 Å². The van der Waals surface area contributed by atoms with Crippen LogP contribution in [0.4, 0.5) is 10.1 Å². The molecule has 1 saturated heterocycles. The number of hydrogen-bond donors (Lipinski definition) is 0. The molecule has 1 unspecified atom stereocenters. The van der Waals surface area contributed by atoms with Gasteiger partial charge in [0.2, 0.25) is 0 Å². The third-order valence-electron chi connectivity index (χ3n) is 8.01. The lowest BCUT2D eigenvalue weighted by Crippen LogP contribution is -2.59. The van der Waals surface area contributed by atoms with Crippen molar-refractivity contribution in [3.63, 3.8) is 0 Å². The Bertz CT molecular complexity index is 1370. The standard InChI is InChI=1S/C27H34FN7O/c1-5-19-15-35(24-12-26(36)32(4)25-16-33(10-9-29)31-27(24)25)20(6-2)14-34(19)17(3)21-13-30-23(11-22(21)28)18-7-8-18/h11-13,16-20H,5-8,10,14-15H2,1-4H3/t17?,19-,20+/m1/s1. The van der Waals surface area contributed by atoms with E-state index in [2.05, 4.69) is 46.7 Å². The second kappa shape index (κ2) is 9.66. The van der Waals surface area contributed by atoms with Crippen molar-refractivity contribution < 1.29 is 4.39 Å². The van der Waals surface area contributed by atoms with E-state index in [1.807, 2.05) is 0 Å². The van der Waals surface area contributed by atoms with Crippen LogP contribution >= 0.6 is 0 Å². The van der Waals surface area contributed by atoms with Crippen LogP contribution in [-0.2, 0) is 13.6 Å². The monoisotopic (exact) mass is 491 g/mol. The molecule has 0 spiro atoms. The molecule has 3 aromatic heterocycles. The fourth-order valence-electron chi connectivity index (χ4n) is 5.61. The minimum Gasteiger partial charge on any atom is -0.364 e. The van der Waals surface area contributed by atoms with Crippen molar-refractivity contribution >= 4 is 16.7 Å². The van der Waals surface area contributed by atoms with E-state index in [0.29, 0.717) is 18.0 Å². The number of piperazine rings is 1. The number of aryl methyl sites for hydroxylation is 1. The molecule has 0 radical (unpaired) electrons. The summed E-state index contributed by atoms with van der Waals surface area (Å²) in [4.78, 5) is 22.1. The summed E-state index contributed by atoms with van der Waals surface area (Å²) < 4.78 is 18.3. The summed E-state index contributed by atoms with van der Waals surface area (Å²) in [6.07, 6.45) is 7.47. The molecule has 1 saturated carbocycles. The number of fused-ring (bicyclic) bond motifs is 1. The Morgan fingerprint density at radius 2 is 1.94 bits per heavy atom. The summed E-state index contributed by atoms with van der Waals surface area (Å²) >= 11 is 0. The fourth-order valence-corrected chi connectivity index (χ4v) is 5.61. The SMILES string of the molecule is CC[C@H]1CN(C(C)c2cnc(C3CC3)cc2F)[C@H](CC)CN1c1cc(=O)n(C)c2cn(CC#N)nc12.